The Morgan fingerprint density at radius 2 is 2.42 bits per heavy atom. The quantitative estimate of drug-likeness (QED) is 0.515. The standard InChI is InChI=1S/C8H13ClN2O/c9-5-8(12)11-4-2-1-3-7(11)6-10/h6-7,10H,1-5H2. The van der Waals surface area contributed by atoms with Crippen LogP contribution in [0.3, 0.4) is 0 Å². The molecule has 0 aromatic carbocycles. The van der Waals surface area contributed by atoms with Crippen LogP contribution in [-0.2, 0) is 4.79 Å². The van der Waals surface area contributed by atoms with Crippen molar-refractivity contribution in [1.29, 1.82) is 5.41 Å². The van der Waals surface area contributed by atoms with Crippen LogP contribution in [0.25, 0.3) is 0 Å². The first-order chi connectivity index (χ1) is 5.79. The predicted octanol–water partition coefficient (Wildman–Crippen LogP) is 1.26. The number of hydrogen-bond acceptors (Lipinski definition) is 2. The molecule has 4 heteroatoms. The summed E-state index contributed by atoms with van der Waals surface area (Å²) in [6, 6.07) is -0.00926. The number of alkyl halides is 1. The summed E-state index contributed by atoms with van der Waals surface area (Å²) in [4.78, 5) is 12.9. The van der Waals surface area contributed by atoms with Crippen LogP contribution in [0.2, 0.25) is 0 Å². The van der Waals surface area contributed by atoms with Gasteiger partial charge in [0.2, 0.25) is 5.91 Å². The molecule has 0 aliphatic carbocycles. The molecule has 12 heavy (non-hydrogen) atoms. The van der Waals surface area contributed by atoms with Gasteiger partial charge in [-0.25, -0.2) is 0 Å². The smallest absolute Gasteiger partial charge is 0.238 e. The van der Waals surface area contributed by atoms with Crippen molar-refractivity contribution in [3.05, 3.63) is 0 Å². The zero-order valence-corrected chi connectivity index (χ0v) is 7.68. The average molecular weight is 189 g/mol. The van der Waals surface area contributed by atoms with Gasteiger partial charge in [-0.15, -0.1) is 11.6 Å². The van der Waals surface area contributed by atoms with E-state index in [9.17, 15) is 4.79 Å². The van der Waals surface area contributed by atoms with Crippen molar-refractivity contribution >= 4 is 23.7 Å². The van der Waals surface area contributed by atoms with E-state index in [4.69, 9.17) is 17.0 Å². The van der Waals surface area contributed by atoms with Crippen LogP contribution < -0.4 is 0 Å². The molecule has 1 unspecified atom stereocenters. The molecule has 1 saturated heterocycles. The van der Waals surface area contributed by atoms with Gasteiger partial charge in [-0.3, -0.25) is 4.79 Å². The number of nitrogens with zero attached hydrogens (tertiary/aromatic N) is 1. The Hall–Kier alpha value is -0.570. The zero-order chi connectivity index (χ0) is 8.97. The van der Waals surface area contributed by atoms with Crippen molar-refractivity contribution in [3.8, 4) is 0 Å². The van der Waals surface area contributed by atoms with Crippen LogP contribution in [0.15, 0.2) is 0 Å². The third-order valence-electron chi connectivity index (χ3n) is 2.18. The highest BCUT2D eigenvalue weighted by Crippen LogP contribution is 2.15. The average Bonchev–Trinajstić information content (AvgIpc) is 2.16. The molecule has 1 atom stereocenters. The summed E-state index contributed by atoms with van der Waals surface area (Å²) in [5.41, 5.74) is 0. The van der Waals surface area contributed by atoms with Crippen molar-refractivity contribution in [2.45, 2.75) is 25.3 Å². The second kappa shape index (κ2) is 4.45. The number of hydrogen-bond donors (Lipinski definition) is 1. The predicted molar refractivity (Wildman–Crippen MR) is 48.9 cm³/mol. The van der Waals surface area contributed by atoms with E-state index in [2.05, 4.69) is 0 Å². The number of carbonyl (C=O) groups is 1. The first kappa shape index (κ1) is 9.52. The summed E-state index contributed by atoms with van der Waals surface area (Å²) in [7, 11) is 0. The highest BCUT2D eigenvalue weighted by atomic mass is 35.5. The third kappa shape index (κ3) is 1.97. The van der Waals surface area contributed by atoms with Crippen LogP contribution in [0.4, 0.5) is 0 Å². The van der Waals surface area contributed by atoms with Gasteiger partial charge in [0.15, 0.2) is 0 Å². The summed E-state index contributed by atoms with van der Waals surface area (Å²) in [5.74, 6) is -0.0190. The van der Waals surface area contributed by atoms with E-state index in [-0.39, 0.29) is 17.8 Å². The molecule has 0 aromatic heterocycles. The molecular formula is C8H13ClN2O. The topological polar surface area (TPSA) is 44.2 Å². The summed E-state index contributed by atoms with van der Waals surface area (Å²) in [6.07, 6.45) is 4.38. The normalized spacial score (nSPS) is 23.8. The molecule has 0 saturated carbocycles. The molecule has 1 amide bonds. The SMILES string of the molecule is N=CC1CCCCN1C(=O)CCl. The number of halogens is 1. The molecule has 1 N–H and O–H groups in total. The number of nitrogens with one attached hydrogen (secondary N) is 1. The lowest BCUT2D eigenvalue weighted by Crippen LogP contribution is -2.45. The summed E-state index contributed by atoms with van der Waals surface area (Å²) < 4.78 is 0. The highest BCUT2D eigenvalue weighted by molar-refractivity contribution is 6.27. The van der Waals surface area contributed by atoms with Gasteiger partial charge < -0.3 is 10.3 Å². The summed E-state index contributed by atoms with van der Waals surface area (Å²) >= 11 is 5.44. The van der Waals surface area contributed by atoms with Crippen molar-refractivity contribution in [1.82, 2.24) is 4.90 Å². The molecular weight excluding hydrogens is 176 g/mol. The van der Waals surface area contributed by atoms with E-state index in [1.165, 1.54) is 6.21 Å². The van der Waals surface area contributed by atoms with Gasteiger partial charge >= 0.3 is 0 Å². The van der Waals surface area contributed by atoms with Crippen LogP contribution in [-0.4, -0.2) is 35.5 Å². The highest BCUT2D eigenvalue weighted by Gasteiger charge is 2.23. The van der Waals surface area contributed by atoms with Crippen LogP contribution >= 0.6 is 11.6 Å². The van der Waals surface area contributed by atoms with E-state index in [1.807, 2.05) is 0 Å². The van der Waals surface area contributed by atoms with E-state index < -0.39 is 0 Å². The Kier molecular flexibility index (Phi) is 3.53. The third-order valence-corrected chi connectivity index (χ3v) is 2.40. The minimum absolute atomic E-state index is 0.00926. The largest absolute Gasteiger partial charge is 0.334 e. The monoisotopic (exact) mass is 188 g/mol. The van der Waals surface area contributed by atoms with E-state index in [1.54, 1.807) is 4.90 Å². The second-order valence-electron chi connectivity index (χ2n) is 2.95. The molecule has 0 aromatic rings. The van der Waals surface area contributed by atoms with Crippen LogP contribution in [0, 0.1) is 5.41 Å². The molecule has 0 bridgehead atoms. The fourth-order valence-corrected chi connectivity index (χ4v) is 1.67. The fourth-order valence-electron chi connectivity index (χ4n) is 1.52. The fraction of sp³-hybridized carbons (Fsp3) is 0.750. The molecule has 3 nitrogen and oxygen atoms in total. The molecule has 1 fully saturated rings. The van der Waals surface area contributed by atoms with Crippen LogP contribution in [0.1, 0.15) is 19.3 Å². The van der Waals surface area contributed by atoms with Gasteiger partial charge in [0.05, 0.1) is 6.04 Å². The van der Waals surface area contributed by atoms with E-state index in [0.29, 0.717) is 0 Å². The van der Waals surface area contributed by atoms with Gasteiger partial charge in [0.1, 0.15) is 5.88 Å². The Bertz CT molecular complexity index is 184. The van der Waals surface area contributed by atoms with Gasteiger partial charge in [-0.1, -0.05) is 0 Å². The minimum Gasteiger partial charge on any atom is -0.334 e. The Balaban J connectivity index is 2.58. The maximum absolute atomic E-state index is 11.2. The van der Waals surface area contributed by atoms with Crippen molar-refractivity contribution in [2.75, 3.05) is 12.4 Å². The van der Waals surface area contributed by atoms with E-state index in [0.717, 1.165) is 25.8 Å². The summed E-state index contributed by atoms with van der Waals surface area (Å²) in [6.45, 7) is 0.756. The van der Waals surface area contributed by atoms with E-state index >= 15 is 0 Å². The second-order valence-corrected chi connectivity index (χ2v) is 3.22. The maximum atomic E-state index is 11.2. The first-order valence-electron chi connectivity index (χ1n) is 4.15. The summed E-state index contributed by atoms with van der Waals surface area (Å²) in [5, 5.41) is 7.13. The minimum atomic E-state index is -0.0510. The Morgan fingerprint density at radius 3 is 3.00 bits per heavy atom. The lowest BCUT2D eigenvalue weighted by Gasteiger charge is -2.32. The van der Waals surface area contributed by atoms with Gasteiger partial charge in [-0.2, -0.15) is 0 Å². The Labute approximate surface area is 77.2 Å². The number of rotatable bonds is 2. The molecule has 1 aliphatic heterocycles. The number of carbonyl (C=O) groups excluding carboxylic acids is 1. The lowest BCUT2D eigenvalue weighted by atomic mass is 10.0. The van der Waals surface area contributed by atoms with Crippen molar-refractivity contribution < 1.29 is 4.79 Å². The Morgan fingerprint density at radius 1 is 1.67 bits per heavy atom. The molecule has 1 heterocycles. The molecule has 0 radical (unpaired) electrons. The molecule has 0 spiro atoms. The lowest BCUT2D eigenvalue weighted by molar-refractivity contribution is -0.130. The zero-order valence-electron chi connectivity index (χ0n) is 6.92. The number of amides is 1. The number of likely N-dealkylation sites (tertiary alicyclic amines) is 1. The first-order valence-corrected chi connectivity index (χ1v) is 4.69. The van der Waals surface area contributed by atoms with Gasteiger partial charge in [0, 0.05) is 12.8 Å². The van der Waals surface area contributed by atoms with Crippen molar-refractivity contribution in [2.24, 2.45) is 0 Å². The number of piperidine rings is 1. The molecule has 1 aliphatic rings. The van der Waals surface area contributed by atoms with Gasteiger partial charge in [0.25, 0.3) is 0 Å². The molecule has 68 valence electrons. The van der Waals surface area contributed by atoms with Crippen molar-refractivity contribution in [3.63, 3.8) is 0 Å². The van der Waals surface area contributed by atoms with Crippen LogP contribution in [0.5, 0.6) is 0 Å². The maximum Gasteiger partial charge on any atom is 0.238 e. The van der Waals surface area contributed by atoms with Gasteiger partial charge in [-0.05, 0) is 19.3 Å². The molecule has 1 rings (SSSR count).